The Balaban J connectivity index is 1.76. The lowest BCUT2D eigenvalue weighted by Crippen LogP contribution is -2.22. The van der Waals surface area contributed by atoms with E-state index in [0.717, 1.165) is 12.1 Å². The van der Waals surface area contributed by atoms with E-state index in [2.05, 4.69) is 5.32 Å². The number of carbonyl (C=O) groups excluding carboxylic acids is 1. The first-order chi connectivity index (χ1) is 17.1. The quantitative estimate of drug-likeness (QED) is 0.413. The van der Waals surface area contributed by atoms with Gasteiger partial charge in [-0.1, -0.05) is 6.07 Å². The summed E-state index contributed by atoms with van der Waals surface area (Å²) in [5, 5.41) is 13.0. The minimum absolute atomic E-state index is 0.111. The number of aromatic hydroxyl groups is 1. The highest BCUT2D eigenvalue weighted by Crippen LogP contribution is 2.46. The summed E-state index contributed by atoms with van der Waals surface area (Å²) in [6.45, 7) is 1.94. The molecule has 1 aromatic heterocycles. The van der Waals surface area contributed by atoms with Crippen molar-refractivity contribution in [3.05, 3.63) is 82.3 Å². The molecule has 0 bridgehead atoms. The average molecular weight is 499 g/mol. The van der Waals surface area contributed by atoms with Crippen LogP contribution in [0.25, 0.3) is 17.2 Å². The van der Waals surface area contributed by atoms with Crippen LogP contribution in [0.3, 0.4) is 0 Å². The molecule has 2 aromatic carbocycles. The highest BCUT2D eigenvalue weighted by Gasteiger charge is 2.34. The first-order valence-electron chi connectivity index (χ1n) is 11.0. The maximum Gasteiger partial charge on any atom is 0.416 e. The third-order valence-electron chi connectivity index (χ3n) is 6.01. The molecule has 1 aliphatic rings. The van der Waals surface area contributed by atoms with Gasteiger partial charge in [0.2, 0.25) is 11.7 Å². The molecule has 4 rings (SSSR count). The second-order valence-electron chi connectivity index (χ2n) is 8.23. The maximum absolute atomic E-state index is 13.5. The summed E-state index contributed by atoms with van der Waals surface area (Å²) in [4.78, 5) is 12.7. The summed E-state index contributed by atoms with van der Waals surface area (Å²) in [5.41, 5.74) is 2.55. The Bertz CT molecular complexity index is 1330. The van der Waals surface area contributed by atoms with Gasteiger partial charge in [-0.2, -0.15) is 13.2 Å². The topological polar surface area (TPSA) is 80.9 Å². The van der Waals surface area contributed by atoms with Crippen molar-refractivity contribution >= 4 is 23.1 Å². The number of furan rings is 1. The number of hydrogen-bond donors (Lipinski definition) is 2. The van der Waals surface area contributed by atoms with Crippen LogP contribution in [0.4, 0.5) is 13.2 Å². The van der Waals surface area contributed by atoms with Crippen LogP contribution in [0.5, 0.6) is 17.2 Å². The van der Waals surface area contributed by atoms with Crippen molar-refractivity contribution in [1.29, 1.82) is 0 Å². The van der Waals surface area contributed by atoms with Crippen molar-refractivity contribution in [3.8, 4) is 17.2 Å². The van der Waals surface area contributed by atoms with E-state index in [1.165, 1.54) is 26.5 Å². The Hall–Kier alpha value is -4.14. The Labute approximate surface area is 205 Å². The zero-order valence-corrected chi connectivity index (χ0v) is 19.8. The van der Waals surface area contributed by atoms with Gasteiger partial charge >= 0.3 is 6.18 Å². The molecular weight excluding hydrogens is 475 g/mol. The fourth-order valence-corrected chi connectivity index (χ4v) is 4.17. The van der Waals surface area contributed by atoms with Crippen LogP contribution in [0.2, 0.25) is 0 Å². The van der Waals surface area contributed by atoms with Gasteiger partial charge in [0.1, 0.15) is 5.76 Å². The van der Waals surface area contributed by atoms with E-state index in [1.54, 1.807) is 37.3 Å². The largest absolute Gasteiger partial charge is 0.502 e. The van der Waals surface area contributed by atoms with E-state index in [0.29, 0.717) is 39.2 Å². The molecule has 0 saturated carbocycles. The SMILES string of the molecule is COc1cc(/C=C2/C(C)=C(CC(=O)NCc3ccco3)c3cc(C(F)(F)F)ccc32)cc(OC)c1O. The van der Waals surface area contributed by atoms with Crippen LogP contribution in [-0.4, -0.2) is 25.2 Å². The van der Waals surface area contributed by atoms with Crippen LogP contribution in [-0.2, 0) is 17.5 Å². The fraction of sp³-hybridized carbons (Fsp3) is 0.222. The van der Waals surface area contributed by atoms with Crippen molar-refractivity contribution in [2.45, 2.75) is 26.1 Å². The lowest BCUT2D eigenvalue weighted by molar-refractivity contribution is -0.137. The highest BCUT2D eigenvalue weighted by atomic mass is 19.4. The molecule has 0 radical (unpaired) electrons. The van der Waals surface area contributed by atoms with Gasteiger partial charge in [0, 0.05) is 0 Å². The van der Waals surface area contributed by atoms with Gasteiger partial charge in [0.15, 0.2) is 11.5 Å². The Morgan fingerprint density at radius 3 is 2.36 bits per heavy atom. The molecule has 0 fully saturated rings. The van der Waals surface area contributed by atoms with E-state index in [-0.39, 0.29) is 36.1 Å². The van der Waals surface area contributed by atoms with Crippen LogP contribution < -0.4 is 14.8 Å². The monoisotopic (exact) mass is 499 g/mol. The predicted octanol–water partition coefficient (Wildman–Crippen LogP) is 6.06. The summed E-state index contributed by atoms with van der Waals surface area (Å²) in [5.74, 6) is 0.427. The zero-order chi connectivity index (χ0) is 26.0. The number of methoxy groups -OCH3 is 2. The number of phenols is 1. The number of fused-ring (bicyclic) bond motifs is 1. The number of allylic oxidation sites excluding steroid dienone is 2. The first kappa shape index (κ1) is 25.0. The van der Waals surface area contributed by atoms with E-state index in [4.69, 9.17) is 13.9 Å². The molecular formula is C27H24F3NO5. The van der Waals surface area contributed by atoms with Crippen LogP contribution in [0, 0.1) is 0 Å². The summed E-state index contributed by atoms with van der Waals surface area (Å²) in [6.07, 6.45) is -1.38. The Kier molecular flexibility index (Phi) is 6.83. The number of halogens is 3. The average Bonchev–Trinajstić information content (AvgIpc) is 3.45. The zero-order valence-electron chi connectivity index (χ0n) is 19.8. The second-order valence-corrected chi connectivity index (χ2v) is 8.23. The van der Waals surface area contributed by atoms with Gasteiger partial charge in [0.05, 0.1) is 39.0 Å². The van der Waals surface area contributed by atoms with Gasteiger partial charge in [-0.25, -0.2) is 0 Å². The van der Waals surface area contributed by atoms with Gasteiger partial charge in [-0.3, -0.25) is 4.79 Å². The molecule has 0 aliphatic heterocycles. The predicted molar refractivity (Wildman–Crippen MR) is 128 cm³/mol. The number of benzene rings is 2. The van der Waals surface area contributed by atoms with Crippen molar-refractivity contribution in [3.63, 3.8) is 0 Å². The van der Waals surface area contributed by atoms with Gasteiger partial charge in [0.25, 0.3) is 0 Å². The third kappa shape index (κ3) is 4.95. The maximum atomic E-state index is 13.5. The van der Waals surface area contributed by atoms with E-state index < -0.39 is 11.7 Å². The van der Waals surface area contributed by atoms with E-state index >= 15 is 0 Å². The van der Waals surface area contributed by atoms with E-state index in [1.807, 2.05) is 0 Å². The minimum Gasteiger partial charge on any atom is -0.502 e. The van der Waals surface area contributed by atoms with Crippen molar-refractivity contribution in [2.75, 3.05) is 14.2 Å². The smallest absolute Gasteiger partial charge is 0.416 e. The van der Waals surface area contributed by atoms with Crippen LogP contribution in [0.15, 0.2) is 58.7 Å². The summed E-state index contributed by atoms with van der Waals surface area (Å²) in [7, 11) is 2.80. The molecule has 1 heterocycles. The molecule has 3 aromatic rings. The number of hydrogen-bond acceptors (Lipinski definition) is 5. The van der Waals surface area contributed by atoms with E-state index in [9.17, 15) is 23.1 Å². The molecule has 1 aliphatic carbocycles. The van der Waals surface area contributed by atoms with Gasteiger partial charge in [-0.05, 0) is 82.8 Å². The summed E-state index contributed by atoms with van der Waals surface area (Å²) < 4.78 is 56.1. The molecule has 36 heavy (non-hydrogen) atoms. The summed E-state index contributed by atoms with van der Waals surface area (Å²) in [6, 6.07) is 10.1. The third-order valence-corrected chi connectivity index (χ3v) is 6.01. The molecule has 0 saturated heterocycles. The fourth-order valence-electron chi connectivity index (χ4n) is 4.17. The van der Waals surface area contributed by atoms with Gasteiger partial charge < -0.3 is 24.3 Å². The van der Waals surface area contributed by atoms with Crippen LogP contribution >= 0.6 is 0 Å². The van der Waals surface area contributed by atoms with Crippen molar-refractivity contribution in [1.82, 2.24) is 5.32 Å². The number of phenolic OH excluding ortho intramolecular Hbond substituents is 1. The number of alkyl halides is 3. The molecule has 2 N–H and O–H groups in total. The van der Waals surface area contributed by atoms with Crippen LogP contribution in [0.1, 0.15) is 41.4 Å². The Morgan fingerprint density at radius 1 is 1.08 bits per heavy atom. The number of amides is 1. The first-order valence-corrected chi connectivity index (χ1v) is 11.0. The highest BCUT2D eigenvalue weighted by molar-refractivity contribution is 6.08. The van der Waals surface area contributed by atoms with Crippen molar-refractivity contribution in [2.24, 2.45) is 0 Å². The standard InChI is InChI=1S/C27H24F3NO5/c1-15-20(9-16-10-23(34-2)26(33)24(11-16)35-3)19-7-6-17(27(28,29)30)12-22(19)21(15)13-25(32)31-14-18-5-4-8-36-18/h4-12,33H,13-14H2,1-3H3,(H,31,32)/b20-9-. The number of carbonyl (C=O) groups is 1. The Morgan fingerprint density at radius 2 is 1.78 bits per heavy atom. The minimum atomic E-state index is -4.53. The normalized spacial score (nSPS) is 14.2. The summed E-state index contributed by atoms with van der Waals surface area (Å²) >= 11 is 0. The lowest BCUT2D eigenvalue weighted by atomic mass is 9.98. The molecule has 6 nitrogen and oxygen atoms in total. The molecule has 0 atom stereocenters. The number of rotatable bonds is 7. The second kappa shape index (κ2) is 9.85. The molecule has 188 valence electrons. The number of nitrogens with one attached hydrogen (secondary N) is 1. The lowest BCUT2D eigenvalue weighted by Gasteiger charge is -2.12. The van der Waals surface area contributed by atoms with Gasteiger partial charge in [-0.15, -0.1) is 0 Å². The molecule has 1 amide bonds. The van der Waals surface area contributed by atoms with Crippen molar-refractivity contribution < 1.29 is 37.0 Å². The molecule has 9 heteroatoms. The molecule has 0 spiro atoms. The number of ether oxygens (including phenoxy) is 2. The molecule has 0 unspecified atom stereocenters.